The number of hydrogen-bond acceptors (Lipinski definition) is 5. The van der Waals surface area contributed by atoms with Gasteiger partial charge in [0.05, 0.1) is 12.1 Å². The van der Waals surface area contributed by atoms with Crippen molar-refractivity contribution < 1.29 is 24.3 Å². The third kappa shape index (κ3) is 9.25. The molecule has 0 bridgehead atoms. The second-order valence-corrected chi connectivity index (χ2v) is 8.38. The maximum atomic E-state index is 12.9. The molecular formula is C20H38N4O5. The van der Waals surface area contributed by atoms with Crippen molar-refractivity contribution >= 4 is 23.6 Å². The van der Waals surface area contributed by atoms with Crippen molar-refractivity contribution in [3.63, 3.8) is 0 Å². The zero-order valence-corrected chi connectivity index (χ0v) is 19.0. The highest BCUT2D eigenvalue weighted by atomic mass is 16.3. The molecule has 0 aliphatic carbocycles. The molecule has 3 N–H and O–H groups in total. The molecule has 0 heterocycles. The number of rotatable bonds is 11. The van der Waals surface area contributed by atoms with E-state index in [2.05, 4.69) is 10.6 Å². The van der Waals surface area contributed by atoms with Crippen LogP contribution in [-0.2, 0) is 19.2 Å². The van der Waals surface area contributed by atoms with E-state index in [0.29, 0.717) is 12.8 Å². The van der Waals surface area contributed by atoms with E-state index >= 15 is 0 Å². The first-order chi connectivity index (χ1) is 13.2. The lowest BCUT2D eigenvalue weighted by Gasteiger charge is -2.34. The Balaban J connectivity index is 5.48. The second kappa shape index (κ2) is 11.7. The molecule has 2 atom stereocenters. The highest BCUT2D eigenvalue weighted by Gasteiger charge is 2.35. The van der Waals surface area contributed by atoms with Crippen LogP contribution in [0.1, 0.15) is 53.9 Å². The molecule has 168 valence electrons. The zero-order valence-electron chi connectivity index (χ0n) is 19.0. The van der Waals surface area contributed by atoms with E-state index in [1.807, 2.05) is 6.92 Å². The summed E-state index contributed by atoms with van der Waals surface area (Å²) in [5.74, 6) is -1.62. The van der Waals surface area contributed by atoms with E-state index in [1.54, 1.807) is 27.7 Å². The van der Waals surface area contributed by atoms with Crippen molar-refractivity contribution in [2.45, 2.75) is 71.6 Å². The third-order valence-electron chi connectivity index (χ3n) is 4.61. The smallest absolute Gasteiger partial charge is 0.243 e. The predicted molar refractivity (Wildman–Crippen MR) is 111 cm³/mol. The molecule has 0 fully saturated rings. The Hall–Kier alpha value is -2.16. The van der Waals surface area contributed by atoms with Gasteiger partial charge < -0.3 is 25.5 Å². The van der Waals surface area contributed by atoms with Gasteiger partial charge in [0.2, 0.25) is 23.6 Å². The molecule has 29 heavy (non-hydrogen) atoms. The van der Waals surface area contributed by atoms with E-state index in [1.165, 1.54) is 30.9 Å². The number of hydrogen-bond donors (Lipinski definition) is 3. The molecule has 0 unspecified atom stereocenters. The summed E-state index contributed by atoms with van der Waals surface area (Å²) in [5.41, 5.74) is -1.22. The van der Waals surface area contributed by atoms with Crippen LogP contribution >= 0.6 is 0 Å². The summed E-state index contributed by atoms with van der Waals surface area (Å²) < 4.78 is 0. The molecule has 4 amide bonds. The Morgan fingerprint density at radius 3 is 2.00 bits per heavy atom. The Labute approximate surface area is 174 Å². The van der Waals surface area contributed by atoms with Crippen molar-refractivity contribution in [2.75, 3.05) is 27.7 Å². The first-order valence-corrected chi connectivity index (χ1v) is 9.99. The topological polar surface area (TPSA) is 119 Å². The van der Waals surface area contributed by atoms with Crippen LogP contribution in [0, 0.1) is 5.92 Å². The number of carbonyl (C=O) groups is 4. The summed E-state index contributed by atoms with van der Waals surface area (Å²) in [7, 11) is 4.48. The maximum absolute atomic E-state index is 12.9. The van der Waals surface area contributed by atoms with Gasteiger partial charge in [-0.15, -0.1) is 0 Å². The van der Waals surface area contributed by atoms with Gasteiger partial charge in [0.25, 0.3) is 0 Å². The number of nitrogens with one attached hydrogen (secondary N) is 2. The Morgan fingerprint density at radius 2 is 1.59 bits per heavy atom. The molecule has 0 radical (unpaired) electrons. The summed E-state index contributed by atoms with van der Waals surface area (Å²) in [5, 5.41) is 15.4. The number of carbonyl (C=O) groups excluding carboxylic acids is 4. The molecule has 0 rings (SSSR count). The first-order valence-electron chi connectivity index (χ1n) is 9.99. The molecule has 0 saturated carbocycles. The standard InChI is InChI=1S/C20H38N4O5/c1-9-10-15(25)23(7)12-16(26)24(8)14(11-20(4,5)29)18(27)22-17(13(2)3)19(28)21-6/h13-14,17,29H,9-12H2,1-8H3,(H,21,28)(H,22,27)/t14-,17-/m0/s1. The highest BCUT2D eigenvalue weighted by molar-refractivity contribution is 5.93. The zero-order chi connectivity index (χ0) is 22.9. The first kappa shape index (κ1) is 26.8. The Morgan fingerprint density at radius 1 is 1.03 bits per heavy atom. The number of aliphatic hydroxyl groups is 1. The highest BCUT2D eigenvalue weighted by Crippen LogP contribution is 2.16. The minimum atomic E-state index is -1.22. The Kier molecular flexibility index (Phi) is 10.9. The quantitative estimate of drug-likeness (QED) is 0.444. The van der Waals surface area contributed by atoms with Gasteiger partial charge in [-0.1, -0.05) is 20.8 Å². The van der Waals surface area contributed by atoms with Crippen molar-refractivity contribution in [1.29, 1.82) is 0 Å². The van der Waals surface area contributed by atoms with E-state index in [9.17, 15) is 24.3 Å². The normalized spacial score (nSPS) is 13.4. The van der Waals surface area contributed by atoms with Crippen LogP contribution in [0.2, 0.25) is 0 Å². The fourth-order valence-corrected chi connectivity index (χ4v) is 2.80. The predicted octanol–water partition coefficient (Wildman–Crippen LogP) is 0.120. The number of amides is 4. The van der Waals surface area contributed by atoms with Gasteiger partial charge in [-0.25, -0.2) is 0 Å². The average molecular weight is 415 g/mol. The number of nitrogens with zero attached hydrogens (tertiary/aromatic N) is 2. The van der Waals surface area contributed by atoms with Crippen LogP contribution in [0.3, 0.4) is 0 Å². The van der Waals surface area contributed by atoms with Crippen molar-refractivity contribution in [3.05, 3.63) is 0 Å². The van der Waals surface area contributed by atoms with E-state index in [4.69, 9.17) is 0 Å². The third-order valence-corrected chi connectivity index (χ3v) is 4.61. The largest absolute Gasteiger partial charge is 0.390 e. The van der Waals surface area contributed by atoms with Gasteiger partial charge in [0.1, 0.15) is 12.1 Å². The molecule has 0 aliphatic heterocycles. The van der Waals surface area contributed by atoms with E-state index in [-0.39, 0.29) is 30.7 Å². The lowest BCUT2D eigenvalue weighted by molar-refractivity contribution is -0.145. The van der Waals surface area contributed by atoms with Gasteiger partial charge in [0, 0.05) is 34.0 Å². The van der Waals surface area contributed by atoms with Gasteiger partial charge >= 0.3 is 0 Å². The molecule has 9 heteroatoms. The summed E-state index contributed by atoms with van der Waals surface area (Å²) in [4.78, 5) is 52.2. The summed E-state index contributed by atoms with van der Waals surface area (Å²) in [6.07, 6.45) is 0.989. The minimum Gasteiger partial charge on any atom is -0.390 e. The van der Waals surface area contributed by atoms with Crippen molar-refractivity contribution in [2.24, 2.45) is 5.92 Å². The SMILES string of the molecule is CCCC(=O)N(C)CC(=O)N(C)[C@@H](CC(C)(C)O)C(=O)N[C@H](C(=O)NC)C(C)C. The van der Waals surface area contributed by atoms with Gasteiger partial charge in [-0.05, 0) is 26.2 Å². The lowest BCUT2D eigenvalue weighted by Crippen LogP contribution is -2.57. The monoisotopic (exact) mass is 414 g/mol. The summed E-state index contributed by atoms with van der Waals surface area (Å²) in [6, 6.07) is -1.77. The van der Waals surface area contributed by atoms with Crippen LogP contribution in [0.4, 0.5) is 0 Å². The van der Waals surface area contributed by atoms with Crippen LogP contribution < -0.4 is 10.6 Å². The fourth-order valence-electron chi connectivity index (χ4n) is 2.80. The number of likely N-dealkylation sites (N-methyl/N-ethyl adjacent to an activating group) is 3. The molecule has 9 nitrogen and oxygen atoms in total. The maximum Gasteiger partial charge on any atom is 0.243 e. The van der Waals surface area contributed by atoms with Gasteiger partial charge in [-0.3, -0.25) is 19.2 Å². The van der Waals surface area contributed by atoms with E-state index in [0.717, 1.165) is 0 Å². The lowest BCUT2D eigenvalue weighted by atomic mass is 9.96. The fraction of sp³-hybridized carbons (Fsp3) is 0.800. The van der Waals surface area contributed by atoms with Crippen molar-refractivity contribution in [3.8, 4) is 0 Å². The van der Waals surface area contributed by atoms with Crippen LogP contribution in [-0.4, -0.2) is 83.9 Å². The molecule has 0 aromatic carbocycles. The minimum absolute atomic E-state index is 0.0216. The van der Waals surface area contributed by atoms with Crippen LogP contribution in [0.15, 0.2) is 0 Å². The summed E-state index contributed by atoms with van der Waals surface area (Å²) in [6.45, 7) is 8.39. The van der Waals surface area contributed by atoms with Gasteiger partial charge in [-0.2, -0.15) is 0 Å². The van der Waals surface area contributed by atoms with Crippen LogP contribution in [0.5, 0.6) is 0 Å². The molecule has 0 aliphatic rings. The van der Waals surface area contributed by atoms with E-state index < -0.39 is 29.5 Å². The molecule has 0 aromatic heterocycles. The van der Waals surface area contributed by atoms with Crippen LogP contribution in [0.25, 0.3) is 0 Å². The molecule has 0 spiro atoms. The molecule has 0 aromatic rings. The molecular weight excluding hydrogens is 376 g/mol. The molecule has 0 saturated heterocycles. The average Bonchev–Trinajstić information content (AvgIpc) is 2.61. The Bertz CT molecular complexity index is 586. The second-order valence-electron chi connectivity index (χ2n) is 8.38. The summed E-state index contributed by atoms with van der Waals surface area (Å²) >= 11 is 0. The van der Waals surface area contributed by atoms with Crippen molar-refractivity contribution in [1.82, 2.24) is 20.4 Å². The van der Waals surface area contributed by atoms with Gasteiger partial charge in [0.15, 0.2) is 0 Å².